The van der Waals surface area contributed by atoms with E-state index < -0.39 is 5.97 Å². The molecule has 4 unspecified atom stereocenters. The zero-order valence-electron chi connectivity index (χ0n) is 7.99. The van der Waals surface area contributed by atoms with Gasteiger partial charge in [-0.05, 0) is 31.6 Å². The van der Waals surface area contributed by atoms with Gasteiger partial charge in [0.05, 0.1) is 5.92 Å². The topological polar surface area (TPSA) is 49.3 Å². The number of rotatable bonds is 3. The van der Waals surface area contributed by atoms with Crippen LogP contribution in [-0.2, 0) is 4.79 Å². The Bertz CT molecular complexity index is 217. The quantitative estimate of drug-likeness (QED) is 0.692. The average Bonchev–Trinajstić information content (AvgIpc) is 1.99. The molecular formula is C10H17NO2. The third-order valence-electron chi connectivity index (χ3n) is 3.64. The van der Waals surface area contributed by atoms with E-state index in [0.717, 1.165) is 18.8 Å². The number of aliphatic carboxylic acids is 1. The predicted octanol–water partition coefficient (Wildman–Crippen LogP) is 1.24. The third-order valence-corrected chi connectivity index (χ3v) is 3.64. The SMILES string of the molecule is CC1CCC1NC1CCC1C(=O)O. The van der Waals surface area contributed by atoms with Gasteiger partial charge in [0.2, 0.25) is 0 Å². The summed E-state index contributed by atoms with van der Waals surface area (Å²) in [7, 11) is 0. The van der Waals surface area contributed by atoms with Crippen LogP contribution < -0.4 is 5.32 Å². The minimum absolute atomic E-state index is 0.118. The highest BCUT2D eigenvalue weighted by Crippen LogP contribution is 2.33. The third kappa shape index (κ3) is 1.57. The Morgan fingerprint density at radius 2 is 1.92 bits per heavy atom. The van der Waals surface area contributed by atoms with Crippen molar-refractivity contribution in [3.05, 3.63) is 0 Å². The van der Waals surface area contributed by atoms with Crippen LogP contribution in [0.25, 0.3) is 0 Å². The van der Waals surface area contributed by atoms with Crippen LogP contribution >= 0.6 is 0 Å². The average molecular weight is 183 g/mol. The highest BCUT2D eigenvalue weighted by molar-refractivity contribution is 5.72. The van der Waals surface area contributed by atoms with Gasteiger partial charge in [-0.2, -0.15) is 0 Å². The van der Waals surface area contributed by atoms with Crippen LogP contribution in [0.5, 0.6) is 0 Å². The number of nitrogens with one attached hydrogen (secondary N) is 1. The molecule has 2 N–H and O–H groups in total. The van der Waals surface area contributed by atoms with Crippen molar-refractivity contribution in [2.45, 2.75) is 44.7 Å². The van der Waals surface area contributed by atoms with Crippen LogP contribution in [0.15, 0.2) is 0 Å². The molecule has 0 amide bonds. The summed E-state index contributed by atoms with van der Waals surface area (Å²) in [5.74, 6) is -0.00132. The van der Waals surface area contributed by atoms with Crippen LogP contribution in [-0.4, -0.2) is 23.2 Å². The molecular weight excluding hydrogens is 166 g/mol. The Balaban J connectivity index is 1.79. The number of carboxylic acids is 1. The monoisotopic (exact) mass is 183 g/mol. The normalized spacial score (nSPS) is 43.5. The van der Waals surface area contributed by atoms with Gasteiger partial charge < -0.3 is 10.4 Å². The first-order chi connectivity index (χ1) is 6.18. The molecule has 2 saturated carbocycles. The smallest absolute Gasteiger partial charge is 0.308 e. The Morgan fingerprint density at radius 3 is 2.23 bits per heavy atom. The second kappa shape index (κ2) is 3.29. The highest BCUT2D eigenvalue weighted by Gasteiger charge is 2.39. The number of carbonyl (C=O) groups is 1. The molecule has 4 atom stereocenters. The van der Waals surface area contributed by atoms with Crippen molar-refractivity contribution in [1.29, 1.82) is 0 Å². The van der Waals surface area contributed by atoms with Gasteiger partial charge in [-0.15, -0.1) is 0 Å². The lowest BCUT2D eigenvalue weighted by Gasteiger charge is -2.43. The van der Waals surface area contributed by atoms with Crippen LogP contribution in [0.4, 0.5) is 0 Å². The Kier molecular flexibility index (Phi) is 2.28. The van der Waals surface area contributed by atoms with Crippen molar-refractivity contribution in [2.75, 3.05) is 0 Å². The van der Waals surface area contributed by atoms with Crippen LogP contribution in [0.3, 0.4) is 0 Å². The van der Waals surface area contributed by atoms with Gasteiger partial charge in [0, 0.05) is 12.1 Å². The van der Waals surface area contributed by atoms with Gasteiger partial charge in [-0.25, -0.2) is 0 Å². The Labute approximate surface area is 78.5 Å². The summed E-state index contributed by atoms with van der Waals surface area (Å²) < 4.78 is 0. The summed E-state index contributed by atoms with van der Waals surface area (Å²) >= 11 is 0. The lowest BCUT2D eigenvalue weighted by molar-refractivity contribution is -0.146. The molecule has 0 bridgehead atoms. The largest absolute Gasteiger partial charge is 0.481 e. The summed E-state index contributed by atoms with van der Waals surface area (Å²) in [5.41, 5.74) is 0. The van der Waals surface area contributed by atoms with Crippen molar-refractivity contribution in [3.8, 4) is 0 Å². The second-order valence-corrected chi connectivity index (χ2v) is 4.46. The maximum atomic E-state index is 10.7. The van der Waals surface area contributed by atoms with E-state index in [0.29, 0.717) is 6.04 Å². The molecule has 0 radical (unpaired) electrons. The maximum absolute atomic E-state index is 10.7. The molecule has 2 aliphatic rings. The number of hydrogen-bond acceptors (Lipinski definition) is 2. The molecule has 2 fully saturated rings. The first-order valence-electron chi connectivity index (χ1n) is 5.17. The van der Waals surface area contributed by atoms with E-state index >= 15 is 0 Å². The standard InChI is InChI=1S/C10H17NO2/c1-6-2-4-8(6)11-9-5-3-7(9)10(12)13/h6-9,11H,2-5H2,1H3,(H,12,13). The molecule has 0 aromatic rings. The van der Waals surface area contributed by atoms with Crippen molar-refractivity contribution >= 4 is 5.97 Å². The van der Waals surface area contributed by atoms with Gasteiger partial charge in [0.15, 0.2) is 0 Å². The fourth-order valence-corrected chi connectivity index (χ4v) is 2.18. The minimum atomic E-state index is -0.629. The zero-order chi connectivity index (χ0) is 9.42. The second-order valence-electron chi connectivity index (χ2n) is 4.46. The molecule has 0 aromatic heterocycles. The summed E-state index contributed by atoms with van der Waals surface area (Å²) in [4.78, 5) is 10.7. The van der Waals surface area contributed by atoms with Crippen LogP contribution in [0.2, 0.25) is 0 Å². The first kappa shape index (κ1) is 9.00. The number of carboxylic acid groups (broad SMARTS) is 1. The molecule has 74 valence electrons. The van der Waals surface area contributed by atoms with Crippen LogP contribution in [0, 0.1) is 11.8 Å². The molecule has 0 spiro atoms. The van der Waals surface area contributed by atoms with E-state index in [1.54, 1.807) is 0 Å². The summed E-state index contributed by atoms with van der Waals surface area (Å²) in [6.07, 6.45) is 4.42. The number of hydrogen-bond donors (Lipinski definition) is 2. The van der Waals surface area contributed by atoms with E-state index in [-0.39, 0.29) is 12.0 Å². The highest BCUT2D eigenvalue weighted by atomic mass is 16.4. The molecule has 0 aliphatic heterocycles. The van der Waals surface area contributed by atoms with Gasteiger partial charge in [-0.3, -0.25) is 4.79 Å². The van der Waals surface area contributed by atoms with Crippen LogP contribution in [0.1, 0.15) is 32.6 Å². The van der Waals surface area contributed by atoms with E-state index in [4.69, 9.17) is 5.11 Å². The fraction of sp³-hybridized carbons (Fsp3) is 0.900. The van der Waals surface area contributed by atoms with E-state index in [1.165, 1.54) is 12.8 Å². The molecule has 3 heteroatoms. The molecule has 2 aliphatic carbocycles. The fourth-order valence-electron chi connectivity index (χ4n) is 2.18. The predicted molar refractivity (Wildman–Crippen MR) is 49.5 cm³/mol. The van der Waals surface area contributed by atoms with Gasteiger partial charge in [-0.1, -0.05) is 6.92 Å². The van der Waals surface area contributed by atoms with Gasteiger partial charge in [0.1, 0.15) is 0 Å². The summed E-state index contributed by atoms with van der Waals surface area (Å²) in [6.45, 7) is 2.23. The first-order valence-corrected chi connectivity index (χ1v) is 5.17. The lowest BCUT2D eigenvalue weighted by Crippen LogP contribution is -2.55. The molecule has 0 saturated heterocycles. The molecule has 0 heterocycles. The van der Waals surface area contributed by atoms with E-state index in [9.17, 15) is 4.79 Å². The lowest BCUT2D eigenvalue weighted by atomic mass is 9.75. The van der Waals surface area contributed by atoms with Crippen molar-refractivity contribution in [3.63, 3.8) is 0 Å². The maximum Gasteiger partial charge on any atom is 0.308 e. The minimum Gasteiger partial charge on any atom is -0.481 e. The molecule has 2 rings (SSSR count). The Morgan fingerprint density at radius 1 is 1.23 bits per heavy atom. The van der Waals surface area contributed by atoms with Gasteiger partial charge in [0.25, 0.3) is 0 Å². The van der Waals surface area contributed by atoms with Crippen molar-refractivity contribution in [1.82, 2.24) is 5.32 Å². The molecule has 3 nitrogen and oxygen atoms in total. The van der Waals surface area contributed by atoms with E-state index in [1.807, 2.05) is 0 Å². The van der Waals surface area contributed by atoms with Crippen molar-refractivity contribution in [2.24, 2.45) is 11.8 Å². The van der Waals surface area contributed by atoms with E-state index in [2.05, 4.69) is 12.2 Å². The summed E-state index contributed by atoms with van der Waals surface area (Å²) in [5, 5.41) is 12.3. The molecule has 0 aromatic carbocycles. The Hall–Kier alpha value is -0.570. The zero-order valence-corrected chi connectivity index (χ0v) is 7.99. The summed E-state index contributed by atoms with van der Waals surface area (Å²) in [6, 6.07) is 0.845. The molecule has 13 heavy (non-hydrogen) atoms. The van der Waals surface area contributed by atoms with Crippen molar-refractivity contribution < 1.29 is 9.90 Å². The van der Waals surface area contributed by atoms with Gasteiger partial charge >= 0.3 is 5.97 Å².